The Bertz CT molecular complexity index is 3600. The van der Waals surface area contributed by atoms with Crippen LogP contribution in [-0.4, -0.2) is 19.5 Å². The van der Waals surface area contributed by atoms with Crippen molar-refractivity contribution in [2.75, 3.05) is 4.90 Å². The zero-order chi connectivity index (χ0) is 41.7. The Hall–Kier alpha value is -8.61. The van der Waals surface area contributed by atoms with Crippen LogP contribution in [0, 0.1) is 0 Å². The third kappa shape index (κ3) is 6.49. The zero-order valence-corrected chi connectivity index (χ0v) is 34.0. The normalized spacial score (nSPS) is 11.5. The number of benzene rings is 9. The third-order valence-corrected chi connectivity index (χ3v) is 11.9. The van der Waals surface area contributed by atoms with Gasteiger partial charge in [-0.3, -0.25) is 4.57 Å². The van der Waals surface area contributed by atoms with Gasteiger partial charge in [0.2, 0.25) is 5.95 Å². The number of nitrogens with zero attached hydrogens (tertiary/aromatic N) is 5. The molecule has 0 aliphatic heterocycles. The number of fused-ring (bicyclic) bond motifs is 6. The molecule has 0 spiro atoms. The van der Waals surface area contributed by atoms with E-state index in [2.05, 4.69) is 167 Å². The first-order valence-electron chi connectivity index (χ1n) is 21.1. The lowest BCUT2D eigenvalue weighted by Gasteiger charge is -2.26. The summed E-state index contributed by atoms with van der Waals surface area (Å²) in [5.41, 5.74) is 13.0. The molecule has 12 rings (SSSR count). The summed E-state index contributed by atoms with van der Waals surface area (Å²) < 4.78 is 8.57. The number of hydrogen-bond acceptors (Lipinski definition) is 5. The molecule has 63 heavy (non-hydrogen) atoms. The zero-order valence-electron chi connectivity index (χ0n) is 34.0. The second-order valence-electron chi connectivity index (χ2n) is 15.7. The number of aromatic nitrogens is 4. The number of hydrogen-bond donors (Lipinski definition) is 0. The molecular formula is C57H37N5O. The van der Waals surface area contributed by atoms with Gasteiger partial charge in [-0.15, -0.1) is 0 Å². The Morgan fingerprint density at radius 3 is 1.51 bits per heavy atom. The van der Waals surface area contributed by atoms with Crippen molar-refractivity contribution in [2.24, 2.45) is 0 Å². The molecule has 0 N–H and O–H groups in total. The van der Waals surface area contributed by atoms with Crippen LogP contribution >= 0.6 is 0 Å². The van der Waals surface area contributed by atoms with Crippen molar-refractivity contribution in [3.05, 3.63) is 224 Å². The Morgan fingerprint density at radius 2 is 0.794 bits per heavy atom. The first-order valence-corrected chi connectivity index (χ1v) is 21.1. The van der Waals surface area contributed by atoms with Gasteiger partial charge < -0.3 is 9.32 Å². The summed E-state index contributed by atoms with van der Waals surface area (Å²) in [6.07, 6.45) is 0. The number of furan rings is 1. The van der Waals surface area contributed by atoms with Crippen molar-refractivity contribution in [3.63, 3.8) is 0 Å². The Labute approximate surface area is 363 Å². The summed E-state index contributed by atoms with van der Waals surface area (Å²) in [4.78, 5) is 18.1. The van der Waals surface area contributed by atoms with Crippen molar-refractivity contribution in [1.82, 2.24) is 19.5 Å². The smallest absolute Gasteiger partial charge is 0.238 e. The highest BCUT2D eigenvalue weighted by Gasteiger charge is 2.22. The minimum absolute atomic E-state index is 0.518. The molecule has 0 bridgehead atoms. The fraction of sp³-hybridized carbons (Fsp3) is 0. The molecule has 0 aliphatic rings. The van der Waals surface area contributed by atoms with E-state index in [4.69, 9.17) is 19.4 Å². The van der Waals surface area contributed by atoms with Crippen LogP contribution in [0.25, 0.3) is 94.7 Å². The van der Waals surface area contributed by atoms with Crippen LogP contribution in [0.3, 0.4) is 0 Å². The molecule has 6 nitrogen and oxygen atoms in total. The maximum atomic E-state index is 6.36. The van der Waals surface area contributed by atoms with Gasteiger partial charge in [-0.2, -0.15) is 9.97 Å². The molecule has 12 aromatic rings. The van der Waals surface area contributed by atoms with Gasteiger partial charge in [-0.25, -0.2) is 4.98 Å². The third-order valence-electron chi connectivity index (χ3n) is 11.9. The predicted molar refractivity (Wildman–Crippen MR) is 258 cm³/mol. The Morgan fingerprint density at radius 1 is 0.317 bits per heavy atom. The van der Waals surface area contributed by atoms with Gasteiger partial charge in [-0.05, 0) is 82.9 Å². The number of rotatable bonds is 8. The van der Waals surface area contributed by atoms with Crippen LogP contribution in [0.1, 0.15) is 0 Å². The lowest BCUT2D eigenvalue weighted by Crippen LogP contribution is -2.10. The largest absolute Gasteiger partial charge is 0.456 e. The molecule has 3 aromatic heterocycles. The lowest BCUT2D eigenvalue weighted by atomic mass is 10.0. The van der Waals surface area contributed by atoms with Crippen molar-refractivity contribution < 1.29 is 4.42 Å². The van der Waals surface area contributed by atoms with E-state index in [1.54, 1.807) is 0 Å². The van der Waals surface area contributed by atoms with Gasteiger partial charge in [0.15, 0.2) is 11.6 Å². The van der Waals surface area contributed by atoms with Crippen molar-refractivity contribution in [1.29, 1.82) is 0 Å². The fourth-order valence-electron chi connectivity index (χ4n) is 8.80. The molecule has 9 aromatic carbocycles. The van der Waals surface area contributed by atoms with Crippen LogP contribution in [0.5, 0.6) is 0 Å². The summed E-state index contributed by atoms with van der Waals surface area (Å²) in [7, 11) is 0. The fourth-order valence-corrected chi connectivity index (χ4v) is 8.80. The first kappa shape index (κ1) is 36.3. The Balaban J connectivity index is 1.10. The molecule has 0 unspecified atom stereocenters. The van der Waals surface area contributed by atoms with Gasteiger partial charge in [0.25, 0.3) is 0 Å². The first-order chi connectivity index (χ1) is 31.2. The van der Waals surface area contributed by atoms with E-state index in [0.717, 1.165) is 88.6 Å². The van der Waals surface area contributed by atoms with Crippen LogP contribution in [-0.2, 0) is 0 Å². The summed E-state index contributed by atoms with van der Waals surface area (Å²) in [6, 6.07) is 78.2. The topological polar surface area (TPSA) is 60.0 Å². The molecule has 0 fully saturated rings. The summed E-state index contributed by atoms with van der Waals surface area (Å²) >= 11 is 0. The van der Waals surface area contributed by atoms with E-state index in [1.807, 2.05) is 66.7 Å². The molecule has 0 amide bonds. The Kier molecular flexibility index (Phi) is 8.71. The second kappa shape index (κ2) is 15.1. The highest BCUT2D eigenvalue weighted by atomic mass is 16.3. The number of para-hydroxylation sites is 2. The predicted octanol–water partition coefficient (Wildman–Crippen LogP) is 15.0. The van der Waals surface area contributed by atoms with E-state index in [-0.39, 0.29) is 0 Å². The van der Waals surface area contributed by atoms with E-state index in [9.17, 15) is 0 Å². The molecule has 3 heterocycles. The number of anilines is 3. The summed E-state index contributed by atoms with van der Waals surface area (Å²) in [5.74, 6) is 1.65. The van der Waals surface area contributed by atoms with Crippen LogP contribution in [0.4, 0.5) is 17.1 Å². The highest BCUT2D eigenvalue weighted by Crippen LogP contribution is 2.41. The van der Waals surface area contributed by atoms with Crippen molar-refractivity contribution >= 4 is 60.8 Å². The maximum absolute atomic E-state index is 6.36. The molecular weight excluding hydrogens is 771 g/mol. The van der Waals surface area contributed by atoms with E-state index >= 15 is 0 Å². The van der Waals surface area contributed by atoms with Crippen molar-refractivity contribution in [2.45, 2.75) is 0 Å². The van der Waals surface area contributed by atoms with E-state index < -0.39 is 0 Å². The van der Waals surface area contributed by atoms with Gasteiger partial charge in [0.05, 0.1) is 11.0 Å². The molecule has 0 saturated heterocycles. The quantitative estimate of drug-likeness (QED) is 0.153. The molecule has 0 saturated carbocycles. The van der Waals surface area contributed by atoms with Crippen LogP contribution in [0.15, 0.2) is 229 Å². The standard InChI is InChI=1S/C57H37N5O/c1-5-15-38(16-6-1)40-25-29-45(30-26-40)61(44-21-11-4-12-22-44)46-31-34-48-47-32-27-42(39-17-7-2-8-18-39)35-51(47)62(52(48)37-46)57-59-55(41-19-9-3-10-20-41)58-56(60-57)43-28-33-50-49-23-13-14-24-53(49)63-54(50)36-43/h1-37H. The molecule has 0 radical (unpaired) electrons. The highest BCUT2D eigenvalue weighted by molar-refractivity contribution is 6.11. The van der Waals surface area contributed by atoms with Crippen LogP contribution < -0.4 is 4.90 Å². The molecule has 6 heteroatoms. The van der Waals surface area contributed by atoms with Gasteiger partial charge in [0, 0.05) is 49.7 Å². The average Bonchev–Trinajstić information content (AvgIpc) is 3.90. The summed E-state index contributed by atoms with van der Waals surface area (Å²) in [5, 5.41) is 4.31. The summed E-state index contributed by atoms with van der Waals surface area (Å²) in [6.45, 7) is 0. The molecule has 296 valence electrons. The van der Waals surface area contributed by atoms with Gasteiger partial charge in [-0.1, -0.05) is 164 Å². The minimum atomic E-state index is 0.518. The molecule has 0 atom stereocenters. The second-order valence-corrected chi connectivity index (χ2v) is 15.7. The minimum Gasteiger partial charge on any atom is -0.456 e. The SMILES string of the molecule is c1ccc(-c2ccc(N(c3ccccc3)c3ccc4c5ccc(-c6ccccc6)cc5n(-c5nc(-c6ccccc6)nc(-c6ccc7c(c6)oc6ccccc67)n5)c4c3)cc2)cc1. The van der Waals surface area contributed by atoms with Gasteiger partial charge in [0.1, 0.15) is 11.2 Å². The van der Waals surface area contributed by atoms with E-state index in [1.165, 1.54) is 5.56 Å². The van der Waals surface area contributed by atoms with E-state index in [0.29, 0.717) is 17.6 Å². The molecule has 0 aliphatic carbocycles. The van der Waals surface area contributed by atoms with Crippen LogP contribution in [0.2, 0.25) is 0 Å². The van der Waals surface area contributed by atoms with Crippen molar-refractivity contribution in [3.8, 4) is 51.0 Å². The average molecular weight is 808 g/mol. The monoisotopic (exact) mass is 807 g/mol. The van der Waals surface area contributed by atoms with Gasteiger partial charge >= 0.3 is 0 Å². The maximum Gasteiger partial charge on any atom is 0.238 e. The lowest BCUT2D eigenvalue weighted by molar-refractivity contribution is 0.669.